The van der Waals surface area contributed by atoms with Crippen LogP contribution in [0.4, 0.5) is 17.1 Å². The molecule has 0 aliphatic rings. The molecular formula is C10H11N3O9. The minimum absolute atomic E-state index is 0.292. The summed E-state index contributed by atoms with van der Waals surface area (Å²) in [6.07, 6.45) is 1.02. The number of carboxylic acid groups (broad SMARTS) is 1. The number of nitrogens with zero attached hydrogens (tertiary/aromatic N) is 3. The second kappa shape index (κ2) is 8.08. The van der Waals surface area contributed by atoms with Crippen molar-refractivity contribution in [1.82, 2.24) is 0 Å². The van der Waals surface area contributed by atoms with Gasteiger partial charge in [-0.15, -0.1) is 0 Å². The Morgan fingerprint density at radius 3 is 1.64 bits per heavy atom. The number of non-ortho nitro benzene ring substituents is 1. The standard InChI is InChI=1S/C6H3N3O7.C4H8O2/c10-6-4(8(13)14)1-3(7(11)12)2-5(6)9(15)16;1-2-3-4(5)6/h1-2,10H;2-3H2,1H3,(H,5,6). The van der Waals surface area contributed by atoms with E-state index in [1.54, 1.807) is 0 Å². The van der Waals surface area contributed by atoms with Crippen LogP contribution in [0.3, 0.4) is 0 Å². The summed E-state index contributed by atoms with van der Waals surface area (Å²) in [4.78, 5) is 37.4. The molecule has 12 nitrogen and oxygen atoms in total. The van der Waals surface area contributed by atoms with Crippen molar-refractivity contribution >= 4 is 23.0 Å². The number of benzene rings is 1. The Bertz CT molecular complexity index is 579. The van der Waals surface area contributed by atoms with Crippen LogP contribution in [0.5, 0.6) is 5.75 Å². The van der Waals surface area contributed by atoms with Crippen molar-refractivity contribution < 1.29 is 29.8 Å². The van der Waals surface area contributed by atoms with E-state index >= 15 is 0 Å². The van der Waals surface area contributed by atoms with Crippen molar-refractivity contribution in [2.45, 2.75) is 19.8 Å². The van der Waals surface area contributed by atoms with Crippen LogP contribution in [0.1, 0.15) is 19.8 Å². The fourth-order valence-corrected chi connectivity index (χ4v) is 1.19. The summed E-state index contributed by atoms with van der Waals surface area (Å²) in [5.74, 6) is -1.92. The molecule has 0 spiro atoms. The smallest absolute Gasteiger partial charge is 0.324 e. The van der Waals surface area contributed by atoms with E-state index in [2.05, 4.69) is 0 Å². The van der Waals surface area contributed by atoms with Crippen molar-refractivity contribution in [3.63, 3.8) is 0 Å². The molecule has 0 aromatic heterocycles. The maximum Gasteiger partial charge on any atom is 0.324 e. The molecule has 22 heavy (non-hydrogen) atoms. The van der Waals surface area contributed by atoms with Gasteiger partial charge in [-0.25, -0.2) is 0 Å². The number of carbonyl (C=O) groups is 1. The van der Waals surface area contributed by atoms with Crippen LogP contribution >= 0.6 is 0 Å². The van der Waals surface area contributed by atoms with Crippen molar-refractivity contribution in [3.05, 3.63) is 42.5 Å². The fourth-order valence-electron chi connectivity index (χ4n) is 1.19. The average Bonchev–Trinajstić information content (AvgIpc) is 2.38. The molecule has 0 aliphatic heterocycles. The topological polar surface area (TPSA) is 187 Å². The summed E-state index contributed by atoms with van der Waals surface area (Å²) < 4.78 is 0. The largest absolute Gasteiger partial charge is 0.497 e. The minimum atomic E-state index is -1.21. The molecule has 1 aromatic rings. The summed E-state index contributed by atoms with van der Waals surface area (Å²) in [5, 5.41) is 48.1. The van der Waals surface area contributed by atoms with E-state index in [9.17, 15) is 35.1 Å². The maximum atomic E-state index is 10.4. The van der Waals surface area contributed by atoms with Gasteiger partial charge >= 0.3 is 17.3 Å². The number of phenolic OH excluding ortho intramolecular Hbond substituents is 1. The molecule has 0 radical (unpaired) electrons. The second-order valence-corrected chi connectivity index (χ2v) is 3.75. The van der Waals surface area contributed by atoms with Crippen LogP contribution in [0, 0.1) is 30.3 Å². The average molecular weight is 317 g/mol. The highest BCUT2D eigenvalue weighted by molar-refractivity contribution is 5.66. The first kappa shape index (κ1) is 18.7. The Hall–Kier alpha value is -3.31. The minimum Gasteiger partial charge on any atom is -0.497 e. The summed E-state index contributed by atoms with van der Waals surface area (Å²) in [6, 6.07) is 0.894. The SMILES string of the molecule is CCCC(=O)O.O=[N+]([O-])c1cc([N+](=O)[O-])c(O)c([N+](=O)[O-])c1. The van der Waals surface area contributed by atoms with Gasteiger partial charge in [-0.2, -0.15) is 0 Å². The highest BCUT2D eigenvalue weighted by Crippen LogP contribution is 2.38. The molecule has 0 aliphatic carbocycles. The number of hydrogen-bond acceptors (Lipinski definition) is 8. The molecular weight excluding hydrogens is 306 g/mol. The monoisotopic (exact) mass is 317 g/mol. The Morgan fingerprint density at radius 1 is 1.05 bits per heavy atom. The van der Waals surface area contributed by atoms with Crippen LogP contribution < -0.4 is 0 Å². The van der Waals surface area contributed by atoms with Crippen LogP contribution in [0.15, 0.2) is 12.1 Å². The first-order valence-electron chi connectivity index (χ1n) is 5.63. The van der Waals surface area contributed by atoms with Gasteiger partial charge in [0.2, 0.25) is 0 Å². The second-order valence-electron chi connectivity index (χ2n) is 3.75. The van der Waals surface area contributed by atoms with E-state index in [1.807, 2.05) is 6.92 Å². The molecule has 0 heterocycles. The van der Waals surface area contributed by atoms with E-state index in [0.29, 0.717) is 18.6 Å². The number of aromatic hydroxyl groups is 1. The normalized spacial score (nSPS) is 9.32. The molecule has 120 valence electrons. The molecule has 2 N–H and O–H groups in total. The molecule has 0 bridgehead atoms. The molecule has 0 unspecified atom stereocenters. The lowest BCUT2D eigenvalue weighted by Gasteiger charge is -1.97. The Labute approximate surface area is 122 Å². The number of aliphatic carboxylic acids is 1. The van der Waals surface area contributed by atoms with Crippen molar-refractivity contribution in [3.8, 4) is 5.75 Å². The number of carboxylic acids is 1. The quantitative estimate of drug-likeness (QED) is 0.604. The highest BCUT2D eigenvalue weighted by atomic mass is 16.6. The molecule has 1 rings (SSSR count). The summed E-state index contributed by atoms with van der Waals surface area (Å²) in [6.45, 7) is 1.84. The molecule has 1 aromatic carbocycles. The van der Waals surface area contributed by atoms with Gasteiger partial charge in [-0.1, -0.05) is 6.92 Å². The van der Waals surface area contributed by atoms with Gasteiger partial charge in [-0.3, -0.25) is 35.1 Å². The Morgan fingerprint density at radius 2 is 1.45 bits per heavy atom. The van der Waals surface area contributed by atoms with E-state index in [-0.39, 0.29) is 0 Å². The number of nitro groups is 3. The molecule has 0 amide bonds. The fraction of sp³-hybridized carbons (Fsp3) is 0.300. The van der Waals surface area contributed by atoms with Crippen molar-refractivity contribution in [1.29, 1.82) is 0 Å². The van der Waals surface area contributed by atoms with Gasteiger partial charge in [0.1, 0.15) is 0 Å². The molecule has 0 fully saturated rings. The zero-order chi connectivity index (χ0) is 17.4. The molecule has 0 saturated heterocycles. The number of rotatable bonds is 5. The van der Waals surface area contributed by atoms with Gasteiger partial charge in [0, 0.05) is 6.42 Å². The van der Waals surface area contributed by atoms with Crippen LogP contribution in [0.2, 0.25) is 0 Å². The van der Waals surface area contributed by atoms with E-state index in [4.69, 9.17) is 10.2 Å². The molecule has 0 atom stereocenters. The van der Waals surface area contributed by atoms with Gasteiger partial charge < -0.3 is 10.2 Å². The molecule has 12 heteroatoms. The third-order valence-corrected chi connectivity index (χ3v) is 2.12. The predicted octanol–water partition coefficient (Wildman–Crippen LogP) is 1.99. The van der Waals surface area contributed by atoms with E-state index < -0.39 is 43.6 Å². The zero-order valence-electron chi connectivity index (χ0n) is 11.2. The predicted molar refractivity (Wildman–Crippen MR) is 70.6 cm³/mol. The van der Waals surface area contributed by atoms with Crippen LogP contribution in [0.25, 0.3) is 0 Å². The third kappa shape index (κ3) is 5.36. The first-order chi connectivity index (χ1) is 10.1. The summed E-state index contributed by atoms with van der Waals surface area (Å²) in [5.41, 5.74) is -3.00. The highest BCUT2D eigenvalue weighted by Gasteiger charge is 2.30. The van der Waals surface area contributed by atoms with Crippen molar-refractivity contribution in [2.75, 3.05) is 0 Å². The van der Waals surface area contributed by atoms with Crippen LogP contribution in [-0.2, 0) is 4.79 Å². The maximum absolute atomic E-state index is 10.4. The summed E-state index contributed by atoms with van der Waals surface area (Å²) in [7, 11) is 0. The van der Waals surface area contributed by atoms with E-state index in [1.165, 1.54) is 0 Å². The van der Waals surface area contributed by atoms with Crippen molar-refractivity contribution in [2.24, 2.45) is 0 Å². The number of phenols is 1. The summed E-state index contributed by atoms with van der Waals surface area (Å²) >= 11 is 0. The van der Waals surface area contributed by atoms with E-state index in [0.717, 1.165) is 6.42 Å². The molecule has 0 saturated carbocycles. The van der Waals surface area contributed by atoms with Gasteiger partial charge in [0.05, 0.1) is 26.9 Å². The number of nitro benzene ring substituents is 3. The number of hydrogen-bond donors (Lipinski definition) is 2. The van der Waals surface area contributed by atoms with Gasteiger partial charge in [0.15, 0.2) is 0 Å². The van der Waals surface area contributed by atoms with Crippen LogP contribution in [-0.4, -0.2) is 31.0 Å². The Balaban J connectivity index is 0.000000626. The zero-order valence-corrected chi connectivity index (χ0v) is 11.2. The van der Waals surface area contributed by atoms with Gasteiger partial charge in [0.25, 0.3) is 11.4 Å². The Kier molecular flexibility index (Phi) is 6.87. The van der Waals surface area contributed by atoms with Gasteiger partial charge in [-0.05, 0) is 6.42 Å². The third-order valence-electron chi connectivity index (χ3n) is 2.12. The lowest BCUT2D eigenvalue weighted by Crippen LogP contribution is -1.97. The first-order valence-corrected chi connectivity index (χ1v) is 5.63. The lowest BCUT2D eigenvalue weighted by atomic mass is 10.2. The lowest BCUT2D eigenvalue weighted by molar-refractivity contribution is -0.404.